The molecule has 1 saturated carbocycles. The van der Waals surface area contributed by atoms with Crippen LogP contribution < -0.4 is 5.32 Å². The topological polar surface area (TPSA) is 80.0 Å². The SMILES string of the molecule is O=C(NC1CCCCC1O)c1cccc(-n2ccnn2)c1. The highest BCUT2D eigenvalue weighted by molar-refractivity contribution is 5.94. The molecule has 110 valence electrons. The third-order valence-electron chi connectivity index (χ3n) is 3.84. The van der Waals surface area contributed by atoms with Gasteiger partial charge in [0, 0.05) is 5.56 Å². The molecule has 1 aliphatic carbocycles. The van der Waals surface area contributed by atoms with Crippen LogP contribution in [0.15, 0.2) is 36.7 Å². The zero-order chi connectivity index (χ0) is 14.7. The van der Waals surface area contributed by atoms with Crippen LogP contribution in [0.1, 0.15) is 36.0 Å². The first-order valence-electron chi connectivity index (χ1n) is 7.20. The first-order chi connectivity index (χ1) is 10.2. The molecular formula is C15H18N4O2. The number of nitrogens with zero attached hydrogens (tertiary/aromatic N) is 3. The number of hydrogen-bond acceptors (Lipinski definition) is 4. The van der Waals surface area contributed by atoms with Gasteiger partial charge in [0.15, 0.2) is 0 Å². The first-order valence-corrected chi connectivity index (χ1v) is 7.20. The van der Waals surface area contributed by atoms with Crippen LogP contribution in [0.5, 0.6) is 0 Å². The average Bonchev–Trinajstić information content (AvgIpc) is 3.04. The van der Waals surface area contributed by atoms with E-state index in [0.29, 0.717) is 5.56 Å². The minimum atomic E-state index is -0.443. The Balaban J connectivity index is 1.74. The highest BCUT2D eigenvalue weighted by atomic mass is 16.3. The van der Waals surface area contributed by atoms with Crippen molar-refractivity contribution in [2.24, 2.45) is 0 Å². The molecular weight excluding hydrogens is 268 g/mol. The smallest absolute Gasteiger partial charge is 0.251 e. The molecule has 3 rings (SSSR count). The van der Waals surface area contributed by atoms with E-state index in [4.69, 9.17) is 0 Å². The van der Waals surface area contributed by atoms with E-state index in [0.717, 1.165) is 31.4 Å². The van der Waals surface area contributed by atoms with E-state index >= 15 is 0 Å². The molecule has 1 aliphatic rings. The molecule has 2 N–H and O–H groups in total. The van der Waals surface area contributed by atoms with Crippen molar-refractivity contribution in [3.63, 3.8) is 0 Å². The summed E-state index contributed by atoms with van der Waals surface area (Å²) >= 11 is 0. The van der Waals surface area contributed by atoms with Crippen LogP contribution in [-0.4, -0.2) is 38.2 Å². The standard InChI is InChI=1S/C15H18N4O2/c20-14-7-2-1-6-13(14)17-15(21)11-4-3-5-12(10-11)19-9-8-16-18-19/h3-5,8-10,13-14,20H,1-2,6-7H2,(H,17,21). The Labute approximate surface area is 122 Å². The minimum Gasteiger partial charge on any atom is -0.391 e. The van der Waals surface area contributed by atoms with Gasteiger partial charge in [0.2, 0.25) is 0 Å². The molecule has 6 nitrogen and oxygen atoms in total. The predicted octanol–water partition coefficient (Wildman–Crippen LogP) is 1.30. The number of benzene rings is 1. The molecule has 1 aromatic heterocycles. The molecule has 0 saturated heterocycles. The second kappa shape index (κ2) is 6.05. The fraction of sp³-hybridized carbons (Fsp3) is 0.400. The summed E-state index contributed by atoms with van der Waals surface area (Å²) in [6, 6.07) is 7.04. The zero-order valence-electron chi connectivity index (χ0n) is 11.6. The molecule has 0 bridgehead atoms. The van der Waals surface area contributed by atoms with Crippen molar-refractivity contribution in [1.82, 2.24) is 20.3 Å². The van der Waals surface area contributed by atoms with Crippen LogP contribution >= 0.6 is 0 Å². The van der Waals surface area contributed by atoms with Gasteiger partial charge in [-0.25, -0.2) is 4.68 Å². The number of carbonyl (C=O) groups excluding carboxylic acids is 1. The summed E-state index contributed by atoms with van der Waals surface area (Å²) in [4.78, 5) is 12.3. The van der Waals surface area contributed by atoms with E-state index in [1.54, 1.807) is 29.2 Å². The third kappa shape index (κ3) is 3.11. The fourth-order valence-electron chi connectivity index (χ4n) is 2.67. The molecule has 1 fully saturated rings. The van der Waals surface area contributed by atoms with Gasteiger partial charge in [-0.05, 0) is 31.0 Å². The summed E-state index contributed by atoms with van der Waals surface area (Å²) in [5.41, 5.74) is 1.34. The van der Waals surface area contributed by atoms with Crippen molar-refractivity contribution in [3.05, 3.63) is 42.2 Å². The molecule has 1 amide bonds. The van der Waals surface area contributed by atoms with Crippen LogP contribution in [0.3, 0.4) is 0 Å². The summed E-state index contributed by atoms with van der Waals surface area (Å²) in [5.74, 6) is -0.164. The maximum absolute atomic E-state index is 12.3. The monoisotopic (exact) mass is 286 g/mol. The number of aromatic nitrogens is 3. The van der Waals surface area contributed by atoms with Gasteiger partial charge in [-0.1, -0.05) is 24.1 Å². The largest absolute Gasteiger partial charge is 0.391 e. The molecule has 2 atom stereocenters. The van der Waals surface area contributed by atoms with Crippen LogP contribution in [-0.2, 0) is 0 Å². The number of hydrogen-bond donors (Lipinski definition) is 2. The van der Waals surface area contributed by atoms with Gasteiger partial charge in [0.25, 0.3) is 5.91 Å². The van der Waals surface area contributed by atoms with Crippen LogP contribution in [0.2, 0.25) is 0 Å². The van der Waals surface area contributed by atoms with Gasteiger partial charge in [-0.3, -0.25) is 4.79 Å². The maximum Gasteiger partial charge on any atom is 0.251 e. The molecule has 21 heavy (non-hydrogen) atoms. The van der Waals surface area contributed by atoms with Gasteiger partial charge in [0.05, 0.1) is 30.2 Å². The van der Waals surface area contributed by atoms with E-state index in [-0.39, 0.29) is 11.9 Å². The maximum atomic E-state index is 12.3. The third-order valence-corrected chi connectivity index (χ3v) is 3.84. The lowest BCUT2D eigenvalue weighted by atomic mass is 9.92. The second-order valence-electron chi connectivity index (χ2n) is 5.33. The van der Waals surface area contributed by atoms with E-state index in [1.807, 2.05) is 12.1 Å². The van der Waals surface area contributed by atoms with E-state index in [2.05, 4.69) is 15.6 Å². The van der Waals surface area contributed by atoms with Gasteiger partial charge in [-0.15, -0.1) is 5.10 Å². The Bertz CT molecular complexity index is 612. The number of rotatable bonds is 3. The molecule has 1 heterocycles. The number of carbonyl (C=O) groups is 1. The Morgan fingerprint density at radius 1 is 1.33 bits per heavy atom. The molecule has 6 heteroatoms. The fourth-order valence-corrected chi connectivity index (χ4v) is 2.67. The van der Waals surface area contributed by atoms with Crippen molar-refractivity contribution >= 4 is 5.91 Å². The summed E-state index contributed by atoms with van der Waals surface area (Å²) < 4.78 is 1.60. The Hall–Kier alpha value is -2.21. The summed E-state index contributed by atoms with van der Waals surface area (Å²) in [7, 11) is 0. The Morgan fingerprint density at radius 2 is 2.19 bits per heavy atom. The van der Waals surface area contributed by atoms with Gasteiger partial charge in [0.1, 0.15) is 0 Å². The highest BCUT2D eigenvalue weighted by Crippen LogP contribution is 2.19. The average molecular weight is 286 g/mol. The first kappa shape index (κ1) is 13.8. The van der Waals surface area contributed by atoms with Crippen LogP contribution in [0.4, 0.5) is 0 Å². The van der Waals surface area contributed by atoms with Gasteiger partial charge < -0.3 is 10.4 Å². The Kier molecular flexibility index (Phi) is 3.96. The van der Waals surface area contributed by atoms with E-state index in [9.17, 15) is 9.90 Å². The number of nitrogens with one attached hydrogen (secondary N) is 1. The second-order valence-corrected chi connectivity index (χ2v) is 5.33. The van der Waals surface area contributed by atoms with Crippen molar-refractivity contribution < 1.29 is 9.90 Å². The molecule has 2 unspecified atom stereocenters. The summed E-state index contributed by atoms with van der Waals surface area (Å²) in [5, 5.41) is 20.5. The summed E-state index contributed by atoms with van der Waals surface area (Å²) in [6.07, 6.45) is 6.52. The molecule has 0 radical (unpaired) electrons. The highest BCUT2D eigenvalue weighted by Gasteiger charge is 2.24. The number of aliphatic hydroxyl groups excluding tert-OH is 1. The van der Waals surface area contributed by atoms with E-state index < -0.39 is 6.10 Å². The predicted molar refractivity (Wildman–Crippen MR) is 77.1 cm³/mol. The van der Waals surface area contributed by atoms with Crippen molar-refractivity contribution in [2.75, 3.05) is 0 Å². The number of amides is 1. The quantitative estimate of drug-likeness (QED) is 0.891. The molecule has 0 spiro atoms. The molecule has 1 aromatic carbocycles. The Morgan fingerprint density at radius 3 is 2.95 bits per heavy atom. The van der Waals surface area contributed by atoms with Crippen LogP contribution in [0, 0.1) is 0 Å². The normalized spacial score (nSPS) is 22.0. The zero-order valence-corrected chi connectivity index (χ0v) is 11.6. The lowest BCUT2D eigenvalue weighted by Gasteiger charge is -2.28. The van der Waals surface area contributed by atoms with Crippen LogP contribution in [0.25, 0.3) is 5.69 Å². The van der Waals surface area contributed by atoms with Gasteiger partial charge in [-0.2, -0.15) is 0 Å². The lowest BCUT2D eigenvalue weighted by Crippen LogP contribution is -2.45. The van der Waals surface area contributed by atoms with Crippen molar-refractivity contribution in [1.29, 1.82) is 0 Å². The molecule has 2 aromatic rings. The van der Waals surface area contributed by atoms with Crippen molar-refractivity contribution in [3.8, 4) is 5.69 Å². The molecule has 0 aliphatic heterocycles. The van der Waals surface area contributed by atoms with E-state index in [1.165, 1.54) is 0 Å². The van der Waals surface area contributed by atoms with Crippen molar-refractivity contribution in [2.45, 2.75) is 37.8 Å². The summed E-state index contributed by atoms with van der Waals surface area (Å²) in [6.45, 7) is 0. The van der Waals surface area contributed by atoms with Gasteiger partial charge >= 0.3 is 0 Å². The number of aliphatic hydroxyl groups is 1. The lowest BCUT2D eigenvalue weighted by molar-refractivity contribution is 0.0717. The minimum absolute atomic E-state index is 0.152.